The molecule has 0 unspecified atom stereocenters. The molecule has 4 nitrogen and oxygen atoms in total. The lowest BCUT2D eigenvalue weighted by molar-refractivity contribution is 0.303. The summed E-state index contributed by atoms with van der Waals surface area (Å²) in [7, 11) is 0. The molecule has 0 saturated heterocycles. The number of ether oxygens (including phenoxy) is 1. The van der Waals surface area contributed by atoms with Crippen LogP contribution in [-0.2, 0) is 0 Å². The zero-order valence-corrected chi connectivity index (χ0v) is 19.4. The highest BCUT2D eigenvalue weighted by atomic mass is 16.5. The number of anilines is 1. The van der Waals surface area contributed by atoms with Crippen molar-refractivity contribution in [3.63, 3.8) is 0 Å². The van der Waals surface area contributed by atoms with E-state index < -0.39 is 0 Å². The lowest BCUT2D eigenvalue weighted by Crippen LogP contribution is -2.06. The number of unbranched alkanes of at least 4 members (excludes halogenated alkanes) is 13. The smallest absolute Gasteiger partial charge is 0.145 e. The third-order valence-corrected chi connectivity index (χ3v) is 5.71. The van der Waals surface area contributed by atoms with E-state index in [0.29, 0.717) is 5.82 Å². The van der Waals surface area contributed by atoms with Gasteiger partial charge >= 0.3 is 0 Å². The second-order valence-corrected chi connectivity index (χ2v) is 8.53. The Morgan fingerprint density at radius 1 is 0.800 bits per heavy atom. The molecule has 168 valence electrons. The van der Waals surface area contributed by atoms with Crippen LogP contribution < -0.4 is 10.5 Å². The fraction of sp³-hybridized carbons (Fsp3) is 0.654. The molecular formula is C26H43N3O. The van der Waals surface area contributed by atoms with Crippen LogP contribution in [0.25, 0.3) is 5.69 Å². The maximum absolute atomic E-state index is 6.07. The molecule has 0 amide bonds. The van der Waals surface area contributed by atoms with Crippen LogP contribution in [0, 0.1) is 6.92 Å². The van der Waals surface area contributed by atoms with Gasteiger partial charge in [0, 0.05) is 6.07 Å². The van der Waals surface area contributed by atoms with E-state index in [-0.39, 0.29) is 0 Å². The summed E-state index contributed by atoms with van der Waals surface area (Å²) < 4.78 is 7.81. The molecular weight excluding hydrogens is 370 g/mol. The van der Waals surface area contributed by atoms with Crippen molar-refractivity contribution in [3.8, 4) is 11.4 Å². The number of hydrogen-bond acceptors (Lipinski definition) is 3. The Morgan fingerprint density at radius 3 is 1.87 bits per heavy atom. The van der Waals surface area contributed by atoms with Gasteiger partial charge in [-0.2, -0.15) is 5.10 Å². The Balaban J connectivity index is 1.50. The van der Waals surface area contributed by atoms with E-state index in [2.05, 4.69) is 12.0 Å². The molecule has 0 aliphatic rings. The van der Waals surface area contributed by atoms with Crippen molar-refractivity contribution >= 4 is 5.82 Å². The van der Waals surface area contributed by atoms with Gasteiger partial charge in [0.2, 0.25) is 0 Å². The lowest BCUT2D eigenvalue weighted by atomic mass is 10.0. The molecule has 2 aromatic rings. The highest BCUT2D eigenvalue weighted by molar-refractivity contribution is 5.51. The minimum atomic E-state index is 0.639. The summed E-state index contributed by atoms with van der Waals surface area (Å²) in [6.45, 7) is 4.98. The van der Waals surface area contributed by atoms with Gasteiger partial charge in [-0.15, -0.1) is 0 Å². The Labute approximate surface area is 184 Å². The highest BCUT2D eigenvalue weighted by Gasteiger charge is 2.10. The molecule has 0 radical (unpaired) electrons. The molecule has 1 aromatic heterocycles. The predicted molar refractivity (Wildman–Crippen MR) is 129 cm³/mol. The SMILES string of the molecule is CCCCCCCCCCCCCCCCOc1ccccc1-n1nc(C)cc1N. The first-order chi connectivity index (χ1) is 14.7. The number of benzene rings is 1. The Morgan fingerprint density at radius 2 is 1.33 bits per heavy atom. The quantitative estimate of drug-likeness (QED) is 0.271. The van der Waals surface area contributed by atoms with Crippen LogP contribution in [0.1, 0.15) is 103 Å². The van der Waals surface area contributed by atoms with Gasteiger partial charge in [-0.05, 0) is 25.5 Å². The van der Waals surface area contributed by atoms with Crippen molar-refractivity contribution in [3.05, 3.63) is 36.0 Å². The van der Waals surface area contributed by atoms with Crippen molar-refractivity contribution in [2.75, 3.05) is 12.3 Å². The largest absolute Gasteiger partial charge is 0.491 e. The summed E-state index contributed by atoms with van der Waals surface area (Å²) in [5.41, 5.74) is 7.89. The van der Waals surface area contributed by atoms with Crippen molar-refractivity contribution in [1.29, 1.82) is 0 Å². The van der Waals surface area contributed by atoms with Crippen LogP contribution in [-0.4, -0.2) is 16.4 Å². The van der Waals surface area contributed by atoms with Gasteiger partial charge in [-0.25, -0.2) is 4.68 Å². The highest BCUT2D eigenvalue weighted by Crippen LogP contribution is 2.25. The molecule has 0 aliphatic carbocycles. The van der Waals surface area contributed by atoms with Gasteiger partial charge in [0.15, 0.2) is 0 Å². The number of aromatic nitrogens is 2. The molecule has 4 heteroatoms. The second kappa shape index (κ2) is 14.9. The zero-order chi connectivity index (χ0) is 21.4. The van der Waals surface area contributed by atoms with Crippen LogP contribution in [0.5, 0.6) is 5.75 Å². The number of para-hydroxylation sites is 2. The van der Waals surface area contributed by atoms with Crippen molar-refractivity contribution in [2.45, 2.75) is 104 Å². The first kappa shape index (κ1) is 24.3. The summed E-state index contributed by atoms with van der Waals surface area (Å²) in [4.78, 5) is 0. The first-order valence-electron chi connectivity index (χ1n) is 12.3. The first-order valence-corrected chi connectivity index (χ1v) is 12.3. The second-order valence-electron chi connectivity index (χ2n) is 8.53. The summed E-state index contributed by atoms with van der Waals surface area (Å²) >= 11 is 0. The number of nitrogen functional groups attached to an aromatic ring is 1. The molecule has 2 rings (SSSR count). The van der Waals surface area contributed by atoms with E-state index in [0.717, 1.165) is 30.2 Å². The average molecular weight is 414 g/mol. The molecule has 1 aromatic carbocycles. The monoisotopic (exact) mass is 413 g/mol. The predicted octanol–water partition coefficient (Wildman–Crippen LogP) is 7.62. The normalized spacial score (nSPS) is 11.1. The van der Waals surface area contributed by atoms with E-state index in [1.54, 1.807) is 4.68 Å². The van der Waals surface area contributed by atoms with Crippen LogP contribution >= 0.6 is 0 Å². The maximum atomic E-state index is 6.07. The number of rotatable bonds is 17. The number of aryl methyl sites for hydroxylation is 1. The molecule has 0 spiro atoms. The van der Waals surface area contributed by atoms with Gasteiger partial charge in [0.05, 0.1) is 12.3 Å². The van der Waals surface area contributed by atoms with E-state index in [1.165, 1.54) is 83.5 Å². The third kappa shape index (κ3) is 9.23. The topological polar surface area (TPSA) is 53.1 Å². The van der Waals surface area contributed by atoms with Crippen molar-refractivity contribution < 1.29 is 4.74 Å². The Bertz CT molecular complexity index is 695. The summed E-state index contributed by atoms with van der Waals surface area (Å²) in [5.74, 6) is 1.49. The van der Waals surface area contributed by atoms with Gasteiger partial charge in [0.25, 0.3) is 0 Å². The van der Waals surface area contributed by atoms with E-state index in [4.69, 9.17) is 10.5 Å². The Hall–Kier alpha value is -1.97. The minimum absolute atomic E-state index is 0.639. The molecule has 1 heterocycles. The molecule has 0 atom stereocenters. The van der Waals surface area contributed by atoms with Gasteiger partial charge in [-0.3, -0.25) is 0 Å². The fourth-order valence-electron chi connectivity index (χ4n) is 3.95. The third-order valence-electron chi connectivity index (χ3n) is 5.71. The Kier molecular flexibility index (Phi) is 12.1. The lowest BCUT2D eigenvalue weighted by Gasteiger charge is -2.12. The van der Waals surface area contributed by atoms with Crippen LogP contribution in [0.15, 0.2) is 30.3 Å². The van der Waals surface area contributed by atoms with Crippen LogP contribution in [0.4, 0.5) is 5.82 Å². The van der Waals surface area contributed by atoms with Crippen LogP contribution in [0.2, 0.25) is 0 Å². The van der Waals surface area contributed by atoms with Gasteiger partial charge in [0.1, 0.15) is 17.3 Å². The van der Waals surface area contributed by atoms with Crippen molar-refractivity contribution in [1.82, 2.24) is 9.78 Å². The number of hydrogen-bond donors (Lipinski definition) is 1. The van der Waals surface area contributed by atoms with Gasteiger partial charge in [-0.1, -0.05) is 103 Å². The van der Waals surface area contributed by atoms with Gasteiger partial charge < -0.3 is 10.5 Å². The maximum Gasteiger partial charge on any atom is 0.145 e. The van der Waals surface area contributed by atoms with E-state index in [1.807, 2.05) is 37.3 Å². The molecule has 2 N–H and O–H groups in total. The zero-order valence-electron chi connectivity index (χ0n) is 19.4. The molecule has 0 fully saturated rings. The number of nitrogens with two attached hydrogens (primary N) is 1. The minimum Gasteiger partial charge on any atom is -0.491 e. The van der Waals surface area contributed by atoms with Crippen LogP contribution in [0.3, 0.4) is 0 Å². The molecule has 0 bridgehead atoms. The molecule has 30 heavy (non-hydrogen) atoms. The molecule has 0 aliphatic heterocycles. The van der Waals surface area contributed by atoms with E-state index in [9.17, 15) is 0 Å². The standard InChI is InChI=1S/C26H43N3O/c1-3-4-5-6-7-8-9-10-11-12-13-14-15-18-21-30-25-20-17-16-19-24(25)29-26(27)22-23(2)28-29/h16-17,19-20,22H,3-15,18,21,27H2,1-2H3. The summed E-state index contributed by atoms with van der Waals surface area (Å²) in [6.07, 6.45) is 19.2. The molecule has 0 saturated carbocycles. The number of nitrogens with zero attached hydrogens (tertiary/aromatic N) is 2. The van der Waals surface area contributed by atoms with E-state index >= 15 is 0 Å². The fourth-order valence-corrected chi connectivity index (χ4v) is 3.95. The average Bonchev–Trinajstić information content (AvgIpc) is 3.09. The van der Waals surface area contributed by atoms with Crippen molar-refractivity contribution in [2.24, 2.45) is 0 Å². The summed E-state index contributed by atoms with van der Waals surface area (Å²) in [5, 5.41) is 4.47. The summed E-state index contributed by atoms with van der Waals surface area (Å²) in [6, 6.07) is 9.87.